The summed E-state index contributed by atoms with van der Waals surface area (Å²) in [6, 6.07) is 5.14. The number of piperidine rings is 1. The molecular weight excluding hydrogens is 332 g/mol. The zero-order valence-electron chi connectivity index (χ0n) is 15.4. The number of rotatable bonds is 4. The van der Waals surface area contributed by atoms with E-state index in [0.29, 0.717) is 25.0 Å². The van der Waals surface area contributed by atoms with Crippen molar-refractivity contribution in [3.63, 3.8) is 0 Å². The first kappa shape index (κ1) is 18.4. The Kier molecular flexibility index (Phi) is 5.30. The van der Waals surface area contributed by atoms with Crippen LogP contribution in [0, 0.1) is 13.8 Å². The van der Waals surface area contributed by atoms with Gasteiger partial charge in [0, 0.05) is 6.42 Å². The summed E-state index contributed by atoms with van der Waals surface area (Å²) in [6.07, 6.45) is 4.71. The van der Waals surface area contributed by atoms with Crippen LogP contribution in [0.4, 0.5) is 0 Å². The molecule has 0 aromatic heterocycles. The van der Waals surface area contributed by atoms with Crippen LogP contribution in [0.2, 0.25) is 0 Å². The number of amides is 3. The molecule has 1 saturated heterocycles. The first-order valence-electron chi connectivity index (χ1n) is 9.30. The second-order valence-corrected chi connectivity index (χ2v) is 7.38. The third-order valence-corrected chi connectivity index (χ3v) is 5.41. The van der Waals surface area contributed by atoms with E-state index in [1.165, 1.54) is 5.56 Å². The number of benzene rings is 1. The number of carbonyl (C=O) groups excluding carboxylic acids is 3. The number of ether oxygens (including phenoxy) is 1. The molecule has 1 aliphatic heterocycles. The van der Waals surface area contributed by atoms with Crippen molar-refractivity contribution in [2.75, 3.05) is 0 Å². The SMILES string of the molecule is Cc1ccc(OC2(C(=O)NC3CCC(=O)NC3=O)CCCCC2)cc1C. The molecule has 1 atom stereocenters. The molecule has 3 amide bonds. The van der Waals surface area contributed by atoms with Gasteiger partial charge in [0.2, 0.25) is 11.8 Å². The summed E-state index contributed by atoms with van der Waals surface area (Å²) in [7, 11) is 0. The van der Waals surface area contributed by atoms with Crippen molar-refractivity contribution in [3.8, 4) is 5.75 Å². The predicted octanol–water partition coefficient (Wildman–Crippen LogP) is 2.31. The molecule has 26 heavy (non-hydrogen) atoms. The van der Waals surface area contributed by atoms with Gasteiger partial charge in [-0.05, 0) is 69.2 Å². The zero-order chi connectivity index (χ0) is 18.7. The molecule has 140 valence electrons. The van der Waals surface area contributed by atoms with Gasteiger partial charge in [-0.2, -0.15) is 0 Å². The molecule has 1 aromatic rings. The Morgan fingerprint density at radius 3 is 2.54 bits per heavy atom. The Morgan fingerprint density at radius 1 is 1.15 bits per heavy atom. The lowest BCUT2D eigenvalue weighted by molar-refractivity contribution is -0.145. The second kappa shape index (κ2) is 7.48. The summed E-state index contributed by atoms with van der Waals surface area (Å²) >= 11 is 0. The summed E-state index contributed by atoms with van der Waals surface area (Å²) in [6.45, 7) is 4.05. The van der Waals surface area contributed by atoms with Crippen LogP contribution < -0.4 is 15.4 Å². The first-order chi connectivity index (χ1) is 12.4. The highest BCUT2D eigenvalue weighted by Gasteiger charge is 2.44. The fraction of sp³-hybridized carbons (Fsp3) is 0.550. The number of carbonyl (C=O) groups is 3. The van der Waals surface area contributed by atoms with Crippen LogP contribution in [0.3, 0.4) is 0 Å². The third kappa shape index (κ3) is 3.89. The summed E-state index contributed by atoms with van der Waals surface area (Å²) in [5.74, 6) is -0.315. The maximum Gasteiger partial charge on any atom is 0.264 e. The van der Waals surface area contributed by atoms with E-state index in [0.717, 1.165) is 24.8 Å². The summed E-state index contributed by atoms with van der Waals surface area (Å²) in [5.41, 5.74) is 1.32. The minimum atomic E-state index is -0.957. The van der Waals surface area contributed by atoms with Gasteiger partial charge in [0.25, 0.3) is 5.91 Å². The highest BCUT2D eigenvalue weighted by Crippen LogP contribution is 2.34. The van der Waals surface area contributed by atoms with E-state index < -0.39 is 17.6 Å². The average Bonchev–Trinajstić information content (AvgIpc) is 2.61. The minimum Gasteiger partial charge on any atom is -0.477 e. The Balaban J connectivity index is 1.77. The predicted molar refractivity (Wildman–Crippen MR) is 96.7 cm³/mol. The number of hydrogen-bond acceptors (Lipinski definition) is 4. The van der Waals surface area contributed by atoms with Crippen molar-refractivity contribution in [2.24, 2.45) is 0 Å². The average molecular weight is 358 g/mol. The summed E-state index contributed by atoms with van der Waals surface area (Å²) in [5, 5.41) is 5.10. The minimum absolute atomic E-state index is 0.238. The van der Waals surface area contributed by atoms with Gasteiger partial charge in [-0.25, -0.2) is 0 Å². The molecule has 6 heteroatoms. The maximum absolute atomic E-state index is 13.1. The van der Waals surface area contributed by atoms with E-state index in [4.69, 9.17) is 4.74 Å². The molecule has 2 fully saturated rings. The fourth-order valence-corrected chi connectivity index (χ4v) is 3.62. The van der Waals surface area contributed by atoms with Gasteiger partial charge in [0.15, 0.2) is 5.60 Å². The molecule has 0 radical (unpaired) electrons. The molecule has 3 rings (SSSR count). The number of imide groups is 1. The lowest BCUT2D eigenvalue weighted by Gasteiger charge is -2.37. The number of hydrogen-bond donors (Lipinski definition) is 2. The molecule has 1 aliphatic carbocycles. The van der Waals surface area contributed by atoms with E-state index >= 15 is 0 Å². The Bertz CT molecular complexity index is 723. The molecule has 1 aromatic carbocycles. The molecule has 2 aliphatic rings. The van der Waals surface area contributed by atoms with Gasteiger partial charge in [0.05, 0.1) is 0 Å². The fourth-order valence-electron chi connectivity index (χ4n) is 3.62. The van der Waals surface area contributed by atoms with E-state index in [1.807, 2.05) is 32.0 Å². The van der Waals surface area contributed by atoms with Crippen LogP contribution in [-0.2, 0) is 14.4 Å². The molecule has 1 saturated carbocycles. The van der Waals surface area contributed by atoms with Crippen molar-refractivity contribution >= 4 is 17.7 Å². The summed E-state index contributed by atoms with van der Waals surface area (Å²) in [4.78, 5) is 36.4. The van der Waals surface area contributed by atoms with E-state index in [-0.39, 0.29) is 18.2 Å². The van der Waals surface area contributed by atoms with Gasteiger partial charge < -0.3 is 10.1 Å². The second-order valence-electron chi connectivity index (χ2n) is 7.38. The van der Waals surface area contributed by atoms with E-state index in [1.54, 1.807) is 0 Å². The van der Waals surface area contributed by atoms with Crippen LogP contribution in [0.25, 0.3) is 0 Å². The smallest absolute Gasteiger partial charge is 0.264 e. The molecule has 2 N–H and O–H groups in total. The molecule has 0 bridgehead atoms. The monoisotopic (exact) mass is 358 g/mol. The number of aryl methyl sites for hydroxylation is 2. The Labute approximate surface area is 153 Å². The molecule has 1 heterocycles. The van der Waals surface area contributed by atoms with Crippen molar-refractivity contribution in [3.05, 3.63) is 29.3 Å². The Hall–Kier alpha value is -2.37. The molecular formula is C20H26N2O4. The van der Waals surface area contributed by atoms with Gasteiger partial charge in [-0.1, -0.05) is 12.5 Å². The first-order valence-corrected chi connectivity index (χ1v) is 9.30. The van der Waals surface area contributed by atoms with Crippen molar-refractivity contribution < 1.29 is 19.1 Å². The van der Waals surface area contributed by atoms with Crippen LogP contribution in [-0.4, -0.2) is 29.4 Å². The highest BCUT2D eigenvalue weighted by molar-refractivity contribution is 6.02. The van der Waals surface area contributed by atoms with Crippen LogP contribution in [0.5, 0.6) is 5.75 Å². The summed E-state index contributed by atoms with van der Waals surface area (Å²) < 4.78 is 6.23. The quantitative estimate of drug-likeness (QED) is 0.809. The van der Waals surface area contributed by atoms with E-state index in [2.05, 4.69) is 10.6 Å². The topological polar surface area (TPSA) is 84.5 Å². The van der Waals surface area contributed by atoms with Crippen molar-refractivity contribution in [1.82, 2.24) is 10.6 Å². The van der Waals surface area contributed by atoms with Crippen LogP contribution in [0.15, 0.2) is 18.2 Å². The van der Waals surface area contributed by atoms with E-state index in [9.17, 15) is 14.4 Å². The van der Waals surface area contributed by atoms with Crippen LogP contribution in [0.1, 0.15) is 56.1 Å². The maximum atomic E-state index is 13.1. The van der Waals surface area contributed by atoms with Crippen molar-refractivity contribution in [1.29, 1.82) is 0 Å². The molecule has 1 unspecified atom stereocenters. The lowest BCUT2D eigenvalue weighted by atomic mass is 9.83. The van der Waals surface area contributed by atoms with Gasteiger partial charge >= 0.3 is 0 Å². The standard InChI is InChI=1S/C20H26N2O4/c1-13-6-7-15(12-14(13)2)26-20(10-4-3-5-11-20)19(25)21-16-8-9-17(23)22-18(16)24/h6-7,12,16H,3-5,8-11H2,1-2H3,(H,21,25)(H,22,23,24). The normalized spacial score (nSPS) is 22.5. The lowest BCUT2D eigenvalue weighted by Crippen LogP contribution is -2.59. The van der Waals surface area contributed by atoms with Crippen molar-refractivity contribution in [2.45, 2.75) is 70.4 Å². The largest absolute Gasteiger partial charge is 0.477 e. The molecule has 6 nitrogen and oxygen atoms in total. The van der Waals surface area contributed by atoms with Gasteiger partial charge in [0.1, 0.15) is 11.8 Å². The van der Waals surface area contributed by atoms with Crippen LogP contribution >= 0.6 is 0 Å². The zero-order valence-corrected chi connectivity index (χ0v) is 15.4. The number of nitrogens with one attached hydrogen (secondary N) is 2. The molecule has 0 spiro atoms. The Morgan fingerprint density at radius 2 is 1.88 bits per heavy atom. The van der Waals surface area contributed by atoms with Gasteiger partial charge in [-0.3, -0.25) is 19.7 Å². The highest BCUT2D eigenvalue weighted by atomic mass is 16.5. The third-order valence-electron chi connectivity index (χ3n) is 5.41. The van der Waals surface area contributed by atoms with Gasteiger partial charge in [-0.15, -0.1) is 0 Å².